The second kappa shape index (κ2) is 11.1. The molecule has 1 fully saturated rings. The van der Waals surface area contributed by atoms with Gasteiger partial charge in [-0.25, -0.2) is 0 Å². The fourth-order valence-electron chi connectivity index (χ4n) is 3.35. The van der Waals surface area contributed by atoms with Crippen LogP contribution >= 0.6 is 24.8 Å². The molecule has 1 amide bonds. The average Bonchev–Trinajstić information content (AvgIpc) is 2.68. The maximum atomic E-state index is 12.6. The zero-order valence-corrected chi connectivity index (χ0v) is 17.9. The number of piperidine rings is 1. The molecule has 0 aliphatic carbocycles. The SMILES string of the molecule is COc1cccc(N2CCCC(NC(=O)C(N)c3ccc(C)cc3)C2)c1.Cl.Cl. The predicted octanol–water partition coefficient (Wildman–Crippen LogP) is 3.63. The standard InChI is InChI=1S/C21H27N3O2.2ClH/c1-15-8-10-16(11-9-15)20(22)21(25)23-17-5-4-12-24(14-17)18-6-3-7-19(13-18)26-2;;/h3,6-11,13,17,20H,4-5,12,14,22H2,1-2H3,(H,23,25);2*1H. The van der Waals surface area contributed by atoms with Gasteiger partial charge in [0.2, 0.25) is 5.91 Å². The Kier molecular flexibility index (Phi) is 9.59. The molecule has 2 aromatic carbocycles. The van der Waals surface area contributed by atoms with E-state index in [1.54, 1.807) is 7.11 Å². The third kappa shape index (κ3) is 6.03. The summed E-state index contributed by atoms with van der Waals surface area (Å²) in [7, 11) is 1.67. The van der Waals surface area contributed by atoms with Crippen molar-refractivity contribution >= 4 is 36.4 Å². The number of nitrogens with zero attached hydrogens (tertiary/aromatic N) is 1. The first-order valence-corrected chi connectivity index (χ1v) is 9.08. The highest BCUT2D eigenvalue weighted by atomic mass is 35.5. The second-order valence-electron chi connectivity index (χ2n) is 6.88. The molecule has 154 valence electrons. The van der Waals surface area contributed by atoms with Gasteiger partial charge in [-0.2, -0.15) is 0 Å². The van der Waals surface area contributed by atoms with Gasteiger partial charge >= 0.3 is 0 Å². The number of aryl methyl sites for hydroxylation is 1. The second-order valence-corrected chi connectivity index (χ2v) is 6.88. The number of halogens is 2. The fraction of sp³-hybridized carbons (Fsp3) is 0.381. The van der Waals surface area contributed by atoms with E-state index in [0.717, 1.165) is 48.5 Å². The molecule has 3 rings (SSSR count). The van der Waals surface area contributed by atoms with E-state index in [0.29, 0.717) is 0 Å². The van der Waals surface area contributed by atoms with Crippen LogP contribution in [-0.4, -0.2) is 32.1 Å². The number of methoxy groups -OCH3 is 1. The van der Waals surface area contributed by atoms with Crippen LogP contribution in [0.4, 0.5) is 5.69 Å². The van der Waals surface area contributed by atoms with Crippen molar-refractivity contribution in [2.45, 2.75) is 31.8 Å². The molecule has 1 aliphatic rings. The Bertz CT molecular complexity index is 756. The van der Waals surface area contributed by atoms with Gasteiger partial charge in [-0.15, -0.1) is 24.8 Å². The van der Waals surface area contributed by atoms with Gasteiger partial charge in [-0.3, -0.25) is 4.79 Å². The summed E-state index contributed by atoms with van der Waals surface area (Å²) in [4.78, 5) is 14.9. The minimum Gasteiger partial charge on any atom is -0.497 e. The van der Waals surface area contributed by atoms with Crippen molar-refractivity contribution in [3.8, 4) is 5.75 Å². The first-order valence-electron chi connectivity index (χ1n) is 9.08. The maximum absolute atomic E-state index is 12.6. The van der Waals surface area contributed by atoms with Crippen LogP contribution in [0.2, 0.25) is 0 Å². The van der Waals surface area contributed by atoms with E-state index in [4.69, 9.17) is 10.5 Å². The third-order valence-corrected chi connectivity index (χ3v) is 4.91. The summed E-state index contributed by atoms with van der Waals surface area (Å²) in [6.07, 6.45) is 1.99. The molecule has 1 heterocycles. The third-order valence-electron chi connectivity index (χ3n) is 4.91. The highest BCUT2D eigenvalue weighted by Gasteiger charge is 2.24. The summed E-state index contributed by atoms with van der Waals surface area (Å²) in [6, 6.07) is 15.3. The highest BCUT2D eigenvalue weighted by molar-refractivity contribution is 5.85. The van der Waals surface area contributed by atoms with E-state index in [-0.39, 0.29) is 36.8 Å². The number of carbonyl (C=O) groups excluding carboxylic acids is 1. The maximum Gasteiger partial charge on any atom is 0.241 e. The molecule has 0 saturated carbocycles. The summed E-state index contributed by atoms with van der Waals surface area (Å²) >= 11 is 0. The van der Waals surface area contributed by atoms with E-state index in [1.807, 2.05) is 49.4 Å². The summed E-state index contributed by atoms with van der Waals surface area (Å²) in [6.45, 7) is 3.77. The lowest BCUT2D eigenvalue weighted by Crippen LogP contribution is -2.49. The Morgan fingerprint density at radius 3 is 2.61 bits per heavy atom. The molecule has 1 aliphatic heterocycles. The summed E-state index contributed by atoms with van der Waals surface area (Å²) in [5, 5.41) is 3.12. The van der Waals surface area contributed by atoms with Crippen molar-refractivity contribution in [1.29, 1.82) is 0 Å². The molecular formula is C21H29Cl2N3O2. The van der Waals surface area contributed by atoms with Crippen LogP contribution in [-0.2, 0) is 4.79 Å². The zero-order valence-electron chi connectivity index (χ0n) is 16.3. The highest BCUT2D eigenvalue weighted by Crippen LogP contribution is 2.24. The molecule has 0 spiro atoms. The van der Waals surface area contributed by atoms with Crippen LogP contribution in [0.3, 0.4) is 0 Å². The Morgan fingerprint density at radius 2 is 1.93 bits per heavy atom. The van der Waals surface area contributed by atoms with Crippen LogP contribution in [0.15, 0.2) is 48.5 Å². The van der Waals surface area contributed by atoms with E-state index < -0.39 is 6.04 Å². The number of hydrogen-bond donors (Lipinski definition) is 2. The van der Waals surface area contributed by atoms with E-state index in [2.05, 4.69) is 16.3 Å². The number of benzene rings is 2. The van der Waals surface area contributed by atoms with Gasteiger partial charge < -0.3 is 20.7 Å². The lowest BCUT2D eigenvalue weighted by molar-refractivity contribution is -0.123. The first-order chi connectivity index (χ1) is 12.6. The molecule has 7 heteroatoms. The number of anilines is 1. The number of ether oxygens (including phenoxy) is 1. The summed E-state index contributed by atoms with van der Waals surface area (Å²) < 4.78 is 5.31. The van der Waals surface area contributed by atoms with Crippen molar-refractivity contribution in [3.05, 3.63) is 59.7 Å². The van der Waals surface area contributed by atoms with E-state index >= 15 is 0 Å². The number of nitrogens with two attached hydrogens (primary N) is 1. The monoisotopic (exact) mass is 425 g/mol. The van der Waals surface area contributed by atoms with Gasteiger partial charge in [-0.1, -0.05) is 35.9 Å². The molecule has 3 N–H and O–H groups in total. The normalized spacial score (nSPS) is 17.0. The van der Waals surface area contributed by atoms with E-state index in [1.165, 1.54) is 0 Å². The van der Waals surface area contributed by atoms with Crippen LogP contribution in [0.1, 0.15) is 30.0 Å². The number of carbonyl (C=O) groups is 1. The molecule has 1 saturated heterocycles. The Morgan fingerprint density at radius 1 is 1.21 bits per heavy atom. The minimum absolute atomic E-state index is 0. The topological polar surface area (TPSA) is 67.6 Å². The molecule has 28 heavy (non-hydrogen) atoms. The zero-order chi connectivity index (χ0) is 18.5. The Hall–Kier alpha value is -1.95. The molecular weight excluding hydrogens is 397 g/mol. The molecule has 2 aromatic rings. The molecule has 5 nitrogen and oxygen atoms in total. The van der Waals surface area contributed by atoms with Gasteiger partial charge in [0.15, 0.2) is 0 Å². The average molecular weight is 426 g/mol. The van der Waals surface area contributed by atoms with E-state index in [9.17, 15) is 4.79 Å². The lowest BCUT2D eigenvalue weighted by Gasteiger charge is -2.35. The molecule has 2 atom stereocenters. The number of hydrogen-bond acceptors (Lipinski definition) is 4. The molecule has 2 unspecified atom stereocenters. The van der Waals surface area contributed by atoms with Gasteiger partial charge in [0.25, 0.3) is 0 Å². The van der Waals surface area contributed by atoms with Crippen molar-refractivity contribution in [1.82, 2.24) is 5.32 Å². The molecule has 0 aromatic heterocycles. The Labute approximate surface area is 179 Å². The predicted molar refractivity (Wildman–Crippen MR) is 119 cm³/mol. The summed E-state index contributed by atoms with van der Waals surface area (Å²) in [5.41, 5.74) is 9.26. The van der Waals surface area contributed by atoms with Crippen LogP contribution in [0, 0.1) is 6.92 Å². The van der Waals surface area contributed by atoms with Crippen molar-refractivity contribution in [3.63, 3.8) is 0 Å². The van der Waals surface area contributed by atoms with Gasteiger partial charge in [0.1, 0.15) is 11.8 Å². The van der Waals surface area contributed by atoms with Crippen LogP contribution in [0.5, 0.6) is 5.75 Å². The molecule has 0 bridgehead atoms. The first kappa shape index (κ1) is 24.1. The Balaban J connectivity index is 0.00000196. The van der Waals surface area contributed by atoms with Gasteiger partial charge in [0, 0.05) is 30.9 Å². The summed E-state index contributed by atoms with van der Waals surface area (Å²) in [5.74, 6) is 0.724. The minimum atomic E-state index is -0.636. The van der Waals surface area contributed by atoms with Gasteiger partial charge in [0.05, 0.1) is 7.11 Å². The smallest absolute Gasteiger partial charge is 0.241 e. The molecule has 0 radical (unpaired) electrons. The lowest BCUT2D eigenvalue weighted by atomic mass is 10.0. The fourth-order valence-corrected chi connectivity index (χ4v) is 3.35. The number of nitrogens with one attached hydrogen (secondary N) is 1. The quantitative estimate of drug-likeness (QED) is 0.766. The van der Waals surface area contributed by atoms with Crippen molar-refractivity contribution in [2.24, 2.45) is 5.73 Å². The largest absolute Gasteiger partial charge is 0.497 e. The van der Waals surface area contributed by atoms with Crippen LogP contribution < -0.4 is 20.7 Å². The van der Waals surface area contributed by atoms with Crippen molar-refractivity contribution < 1.29 is 9.53 Å². The van der Waals surface area contributed by atoms with Crippen molar-refractivity contribution in [2.75, 3.05) is 25.1 Å². The number of rotatable bonds is 5. The van der Waals surface area contributed by atoms with Gasteiger partial charge in [-0.05, 0) is 37.5 Å². The number of amides is 1. The van der Waals surface area contributed by atoms with Crippen LogP contribution in [0.25, 0.3) is 0 Å².